The minimum atomic E-state index is -0.725. The molecule has 1 atom stereocenters. The maximum atomic E-state index is 12.4. The summed E-state index contributed by atoms with van der Waals surface area (Å²) >= 11 is 2.11. The van der Waals surface area contributed by atoms with E-state index in [1.54, 1.807) is 37.3 Å². The molecule has 3 amide bonds. The van der Waals surface area contributed by atoms with Gasteiger partial charge in [0.05, 0.1) is 5.69 Å². The van der Waals surface area contributed by atoms with Crippen molar-refractivity contribution in [1.82, 2.24) is 10.2 Å². The van der Waals surface area contributed by atoms with Crippen molar-refractivity contribution in [2.75, 3.05) is 10.2 Å². The van der Waals surface area contributed by atoms with Crippen molar-refractivity contribution in [3.63, 3.8) is 0 Å². The minimum absolute atomic E-state index is 0.0861. The number of aromatic nitrogens is 2. The number of hydrogen-bond donors (Lipinski definition) is 1. The number of hydrogen-bond acceptors (Lipinski definition) is 7. The molecule has 7 nitrogen and oxygen atoms in total. The third kappa shape index (κ3) is 3.40. The molecule has 1 aromatic heterocycles. The van der Waals surface area contributed by atoms with Gasteiger partial charge >= 0.3 is 0 Å². The van der Waals surface area contributed by atoms with Gasteiger partial charge in [0.15, 0.2) is 0 Å². The average molecular weight is 348 g/mol. The van der Waals surface area contributed by atoms with Crippen LogP contribution in [0.5, 0.6) is 0 Å². The largest absolute Gasteiger partial charge is 0.300 e. The first-order valence-electron chi connectivity index (χ1n) is 6.74. The van der Waals surface area contributed by atoms with Gasteiger partial charge in [0.25, 0.3) is 5.24 Å². The molecule has 1 N–H and O–H groups in total. The molecule has 1 aliphatic rings. The highest BCUT2D eigenvalue weighted by atomic mass is 32.2. The second-order valence-electron chi connectivity index (χ2n) is 4.76. The fraction of sp³-hybridized carbons (Fsp3) is 0.214. The lowest BCUT2D eigenvalue weighted by atomic mass is 10.2. The summed E-state index contributed by atoms with van der Waals surface area (Å²) in [6, 6.07) is 8.67. The van der Waals surface area contributed by atoms with E-state index < -0.39 is 5.25 Å². The summed E-state index contributed by atoms with van der Waals surface area (Å²) in [5, 5.41) is 10.2. The molecular weight excluding hydrogens is 336 g/mol. The first-order chi connectivity index (χ1) is 11.0. The summed E-state index contributed by atoms with van der Waals surface area (Å²) in [4.78, 5) is 37.6. The Morgan fingerprint density at radius 3 is 2.65 bits per heavy atom. The number of benzene rings is 1. The minimum Gasteiger partial charge on any atom is -0.300 e. The SMILES string of the molecule is Cc1nnc(NC(=O)CC2SC(=O)N(c3ccccc3)C2=O)s1. The van der Waals surface area contributed by atoms with Crippen molar-refractivity contribution in [3.05, 3.63) is 35.3 Å². The predicted octanol–water partition coefficient (Wildman–Crippen LogP) is 2.44. The van der Waals surface area contributed by atoms with Crippen LogP contribution in [0.3, 0.4) is 0 Å². The zero-order valence-electron chi connectivity index (χ0n) is 12.1. The van der Waals surface area contributed by atoms with Crippen LogP contribution in [0.4, 0.5) is 15.6 Å². The molecule has 2 heterocycles. The van der Waals surface area contributed by atoms with E-state index in [-0.39, 0.29) is 23.5 Å². The van der Waals surface area contributed by atoms with E-state index in [1.165, 1.54) is 11.3 Å². The number of rotatable bonds is 4. The molecule has 3 rings (SSSR count). The van der Waals surface area contributed by atoms with Crippen molar-refractivity contribution in [2.24, 2.45) is 0 Å². The Kier molecular flexibility index (Phi) is 4.39. The van der Waals surface area contributed by atoms with Gasteiger partial charge < -0.3 is 5.32 Å². The average Bonchev–Trinajstić information content (AvgIpc) is 3.04. The molecule has 1 fully saturated rings. The molecule has 0 spiro atoms. The molecular formula is C14H12N4O3S2. The van der Waals surface area contributed by atoms with Crippen molar-refractivity contribution in [3.8, 4) is 0 Å². The van der Waals surface area contributed by atoms with Gasteiger partial charge in [-0.2, -0.15) is 0 Å². The molecule has 1 unspecified atom stereocenters. The van der Waals surface area contributed by atoms with Gasteiger partial charge in [0.1, 0.15) is 10.3 Å². The predicted molar refractivity (Wildman–Crippen MR) is 88.6 cm³/mol. The second kappa shape index (κ2) is 6.47. The fourth-order valence-electron chi connectivity index (χ4n) is 2.08. The molecule has 1 aromatic carbocycles. The number of nitrogens with zero attached hydrogens (tertiary/aromatic N) is 3. The highest BCUT2D eigenvalue weighted by molar-refractivity contribution is 8.15. The van der Waals surface area contributed by atoms with Crippen LogP contribution in [0.25, 0.3) is 0 Å². The zero-order valence-corrected chi connectivity index (χ0v) is 13.7. The Labute approximate surface area is 140 Å². The molecule has 0 aliphatic carbocycles. The number of para-hydroxylation sites is 1. The van der Waals surface area contributed by atoms with Crippen molar-refractivity contribution < 1.29 is 14.4 Å². The molecule has 0 radical (unpaired) electrons. The van der Waals surface area contributed by atoms with Crippen LogP contribution in [0, 0.1) is 6.92 Å². The lowest BCUT2D eigenvalue weighted by Crippen LogP contribution is -2.32. The van der Waals surface area contributed by atoms with Crippen LogP contribution in [-0.4, -0.2) is 32.5 Å². The number of nitrogens with one attached hydrogen (secondary N) is 1. The van der Waals surface area contributed by atoms with Crippen LogP contribution in [-0.2, 0) is 9.59 Å². The number of amides is 3. The van der Waals surface area contributed by atoms with Crippen molar-refractivity contribution in [2.45, 2.75) is 18.6 Å². The summed E-state index contributed by atoms with van der Waals surface area (Å²) < 4.78 is 0. The highest BCUT2D eigenvalue weighted by Crippen LogP contribution is 2.33. The van der Waals surface area contributed by atoms with Gasteiger partial charge in [0.2, 0.25) is 16.9 Å². The van der Waals surface area contributed by atoms with Gasteiger partial charge in [-0.15, -0.1) is 10.2 Å². The molecule has 0 saturated carbocycles. The molecule has 23 heavy (non-hydrogen) atoms. The van der Waals surface area contributed by atoms with E-state index in [9.17, 15) is 14.4 Å². The van der Waals surface area contributed by atoms with Crippen molar-refractivity contribution in [1.29, 1.82) is 0 Å². The van der Waals surface area contributed by atoms with E-state index in [1.807, 2.05) is 0 Å². The van der Waals surface area contributed by atoms with Crippen LogP contribution >= 0.6 is 23.1 Å². The Hall–Kier alpha value is -2.26. The van der Waals surface area contributed by atoms with Crippen LogP contribution < -0.4 is 10.2 Å². The van der Waals surface area contributed by atoms with Crippen molar-refractivity contribution >= 4 is 51.0 Å². The van der Waals surface area contributed by atoms with E-state index in [0.29, 0.717) is 10.8 Å². The molecule has 9 heteroatoms. The topological polar surface area (TPSA) is 92.3 Å². The van der Waals surface area contributed by atoms with E-state index in [2.05, 4.69) is 15.5 Å². The number of carbonyl (C=O) groups is 3. The maximum Gasteiger partial charge on any atom is 0.293 e. The fourth-order valence-corrected chi connectivity index (χ4v) is 3.68. The third-order valence-corrected chi connectivity index (χ3v) is 4.87. The summed E-state index contributed by atoms with van der Waals surface area (Å²) in [5.74, 6) is -0.746. The van der Waals surface area contributed by atoms with Gasteiger partial charge in [-0.3, -0.25) is 14.4 Å². The third-order valence-electron chi connectivity index (χ3n) is 3.08. The van der Waals surface area contributed by atoms with E-state index in [4.69, 9.17) is 0 Å². The number of aryl methyl sites for hydroxylation is 1. The summed E-state index contributed by atoms with van der Waals surface area (Å²) in [7, 11) is 0. The number of thioether (sulfide) groups is 1. The van der Waals surface area contributed by atoms with Crippen LogP contribution in [0.1, 0.15) is 11.4 Å². The van der Waals surface area contributed by atoms with E-state index >= 15 is 0 Å². The monoisotopic (exact) mass is 348 g/mol. The first-order valence-corrected chi connectivity index (χ1v) is 8.44. The zero-order chi connectivity index (χ0) is 16.4. The standard InChI is InChI=1S/C14H12N4O3S2/c1-8-16-17-13(22-8)15-11(19)7-10-12(20)18(14(21)23-10)9-5-3-2-4-6-9/h2-6,10H,7H2,1H3,(H,15,17,19). The Morgan fingerprint density at radius 1 is 1.26 bits per heavy atom. The lowest BCUT2D eigenvalue weighted by molar-refractivity contribution is -0.121. The van der Waals surface area contributed by atoms with Gasteiger partial charge in [0, 0.05) is 6.42 Å². The maximum absolute atomic E-state index is 12.4. The molecule has 0 bridgehead atoms. The molecule has 1 aliphatic heterocycles. The van der Waals surface area contributed by atoms with Gasteiger partial charge in [-0.1, -0.05) is 29.5 Å². The Balaban J connectivity index is 1.66. The molecule has 2 aromatic rings. The molecule has 1 saturated heterocycles. The Bertz CT molecular complexity index is 762. The lowest BCUT2D eigenvalue weighted by Gasteiger charge is -2.13. The van der Waals surface area contributed by atoms with Gasteiger partial charge in [-0.05, 0) is 30.8 Å². The molecule has 118 valence electrons. The second-order valence-corrected chi connectivity index (χ2v) is 7.10. The summed E-state index contributed by atoms with van der Waals surface area (Å²) in [6.45, 7) is 1.78. The normalized spacial score (nSPS) is 17.6. The van der Waals surface area contributed by atoms with Gasteiger partial charge in [-0.25, -0.2) is 4.90 Å². The number of carbonyl (C=O) groups excluding carboxylic acids is 3. The number of anilines is 2. The quantitative estimate of drug-likeness (QED) is 0.912. The highest BCUT2D eigenvalue weighted by Gasteiger charge is 2.41. The summed E-state index contributed by atoms with van der Waals surface area (Å²) in [5.41, 5.74) is 0.512. The number of imide groups is 1. The first kappa shape index (κ1) is 15.6. The Morgan fingerprint density at radius 2 is 2.00 bits per heavy atom. The van der Waals surface area contributed by atoms with Crippen LogP contribution in [0.2, 0.25) is 0 Å². The summed E-state index contributed by atoms with van der Waals surface area (Å²) in [6.07, 6.45) is -0.0861. The smallest absolute Gasteiger partial charge is 0.293 e. The van der Waals surface area contributed by atoms with Crippen LogP contribution in [0.15, 0.2) is 30.3 Å². The van der Waals surface area contributed by atoms with E-state index in [0.717, 1.165) is 21.7 Å².